The van der Waals surface area contributed by atoms with Crippen molar-refractivity contribution in [2.75, 3.05) is 0 Å². The van der Waals surface area contributed by atoms with Crippen molar-refractivity contribution in [3.05, 3.63) is 30.1 Å². The Morgan fingerprint density at radius 2 is 2.50 bits per heavy atom. The van der Waals surface area contributed by atoms with Gasteiger partial charge < -0.3 is 5.21 Å². The molecule has 0 spiro atoms. The molecule has 3 heteroatoms. The van der Waals surface area contributed by atoms with E-state index in [2.05, 4.69) is 5.16 Å². The quantitative estimate of drug-likeness (QED) is 0.257. The van der Waals surface area contributed by atoms with Crippen LogP contribution in [0.4, 0.5) is 0 Å². The highest BCUT2D eigenvalue weighted by Gasteiger charge is 1.92. The summed E-state index contributed by atoms with van der Waals surface area (Å²) in [5.74, 6) is 0. The van der Waals surface area contributed by atoms with E-state index in [1.165, 1.54) is 6.21 Å². The molecule has 0 radical (unpaired) electrons. The summed E-state index contributed by atoms with van der Waals surface area (Å²) >= 11 is 0. The van der Waals surface area contributed by atoms with Crippen molar-refractivity contribution in [1.29, 1.82) is 0 Å². The number of rotatable bonds is 1. The molecule has 52 valence electrons. The molecule has 0 amide bonds. The summed E-state index contributed by atoms with van der Waals surface area (Å²) < 4.78 is 1.89. The van der Waals surface area contributed by atoms with Gasteiger partial charge in [-0.05, 0) is 6.07 Å². The molecule has 1 aromatic heterocycles. The summed E-state index contributed by atoms with van der Waals surface area (Å²) in [5, 5.41) is 11.1. The van der Waals surface area contributed by atoms with E-state index in [-0.39, 0.29) is 0 Å². The van der Waals surface area contributed by atoms with E-state index in [0.717, 1.165) is 5.56 Å². The van der Waals surface area contributed by atoms with Crippen molar-refractivity contribution in [2.24, 2.45) is 12.2 Å². The Morgan fingerprint density at radius 3 is 3.10 bits per heavy atom. The average Bonchev–Trinajstić information content (AvgIpc) is 1.88. The lowest BCUT2D eigenvalue weighted by Gasteiger charge is -1.86. The zero-order chi connectivity index (χ0) is 7.40. The van der Waals surface area contributed by atoms with E-state index >= 15 is 0 Å². The summed E-state index contributed by atoms with van der Waals surface area (Å²) in [4.78, 5) is 0. The fourth-order valence-electron chi connectivity index (χ4n) is 0.754. The van der Waals surface area contributed by atoms with E-state index in [9.17, 15) is 0 Å². The summed E-state index contributed by atoms with van der Waals surface area (Å²) in [6, 6.07) is 3.75. The van der Waals surface area contributed by atoms with E-state index in [0.29, 0.717) is 0 Å². The largest absolute Gasteiger partial charge is 0.411 e. The first-order chi connectivity index (χ1) is 4.83. The summed E-state index contributed by atoms with van der Waals surface area (Å²) in [5.41, 5.74) is 0.882. The zero-order valence-electron chi connectivity index (χ0n) is 5.73. The number of nitrogens with zero attached hydrogens (tertiary/aromatic N) is 2. The molecule has 0 atom stereocenters. The Bertz CT molecular complexity index is 245. The molecule has 0 saturated carbocycles. The van der Waals surface area contributed by atoms with Crippen LogP contribution in [0.1, 0.15) is 5.56 Å². The van der Waals surface area contributed by atoms with Gasteiger partial charge in [0.1, 0.15) is 7.05 Å². The summed E-state index contributed by atoms with van der Waals surface area (Å²) in [7, 11) is 1.91. The molecule has 0 unspecified atom stereocenters. The predicted octanol–water partition coefficient (Wildman–Crippen LogP) is 0.319. The lowest BCUT2D eigenvalue weighted by Crippen LogP contribution is -2.26. The standard InChI is InChI=1S/C7H8N2O/c1-9-4-2-3-7(6-9)5-8-10/h2-6H,1H3/p+1/b8-5-. The molecule has 3 nitrogen and oxygen atoms in total. The number of aromatic nitrogens is 1. The molecule has 1 N–H and O–H groups in total. The first kappa shape index (κ1) is 6.74. The molecule has 1 aromatic rings. The van der Waals surface area contributed by atoms with Crippen LogP contribution in [0.15, 0.2) is 29.7 Å². The summed E-state index contributed by atoms with van der Waals surface area (Å²) in [6.45, 7) is 0. The minimum atomic E-state index is 0.882. The normalized spacial score (nSPS) is 10.5. The maximum Gasteiger partial charge on any atom is 0.177 e. The van der Waals surface area contributed by atoms with Crippen LogP contribution in [0.2, 0.25) is 0 Å². The SMILES string of the molecule is C[n+]1cccc(/C=N\O)c1. The fourth-order valence-corrected chi connectivity index (χ4v) is 0.754. The molecule has 0 aliphatic heterocycles. The molecule has 1 rings (SSSR count). The summed E-state index contributed by atoms with van der Waals surface area (Å²) in [6.07, 6.45) is 5.16. The molecule has 1 heterocycles. The van der Waals surface area contributed by atoms with E-state index in [1.807, 2.05) is 36.1 Å². The number of oxime groups is 1. The van der Waals surface area contributed by atoms with E-state index < -0.39 is 0 Å². The Hall–Kier alpha value is -1.38. The first-order valence-corrected chi connectivity index (χ1v) is 2.95. The molecule has 0 saturated heterocycles. The Kier molecular flexibility index (Phi) is 1.99. The number of aryl methyl sites for hydroxylation is 1. The molecule has 0 aliphatic rings. The van der Waals surface area contributed by atoms with Crippen LogP contribution in [0.3, 0.4) is 0 Å². The fraction of sp³-hybridized carbons (Fsp3) is 0.143. The average molecular weight is 137 g/mol. The van der Waals surface area contributed by atoms with Gasteiger partial charge in [0.05, 0.1) is 11.8 Å². The number of hydrogen-bond acceptors (Lipinski definition) is 2. The highest BCUT2D eigenvalue weighted by atomic mass is 16.4. The van der Waals surface area contributed by atoms with Gasteiger partial charge in [-0.3, -0.25) is 0 Å². The van der Waals surface area contributed by atoms with Gasteiger partial charge >= 0.3 is 0 Å². The van der Waals surface area contributed by atoms with Gasteiger partial charge in [0, 0.05) is 6.07 Å². The third-order valence-corrected chi connectivity index (χ3v) is 1.17. The molecular weight excluding hydrogens is 128 g/mol. The van der Waals surface area contributed by atoms with E-state index in [4.69, 9.17) is 5.21 Å². The van der Waals surface area contributed by atoms with Crippen LogP contribution in [0, 0.1) is 0 Å². The Labute approximate surface area is 59.2 Å². The molecule has 0 bridgehead atoms. The second kappa shape index (κ2) is 2.96. The van der Waals surface area contributed by atoms with Crippen LogP contribution in [0.5, 0.6) is 0 Å². The smallest absolute Gasteiger partial charge is 0.177 e. The first-order valence-electron chi connectivity index (χ1n) is 2.95. The van der Waals surface area contributed by atoms with Crippen molar-refractivity contribution < 1.29 is 9.77 Å². The van der Waals surface area contributed by atoms with Crippen molar-refractivity contribution >= 4 is 6.21 Å². The van der Waals surface area contributed by atoms with Crippen LogP contribution >= 0.6 is 0 Å². The molecule has 10 heavy (non-hydrogen) atoms. The lowest BCUT2D eigenvalue weighted by atomic mass is 10.3. The minimum absolute atomic E-state index is 0.882. The van der Waals surface area contributed by atoms with Crippen molar-refractivity contribution in [3.8, 4) is 0 Å². The maximum atomic E-state index is 8.17. The van der Waals surface area contributed by atoms with E-state index in [1.54, 1.807) is 0 Å². The monoisotopic (exact) mass is 137 g/mol. The molecule has 0 fully saturated rings. The van der Waals surface area contributed by atoms with Crippen LogP contribution < -0.4 is 4.57 Å². The van der Waals surface area contributed by atoms with Crippen LogP contribution in [-0.4, -0.2) is 11.4 Å². The maximum absolute atomic E-state index is 8.17. The van der Waals surface area contributed by atoms with Crippen molar-refractivity contribution in [3.63, 3.8) is 0 Å². The van der Waals surface area contributed by atoms with Gasteiger partial charge in [-0.2, -0.15) is 0 Å². The van der Waals surface area contributed by atoms with Crippen molar-refractivity contribution in [1.82, 2.24) is 0 Å². The van der Waals surface area contributed by atoms with Gasteiger partial charge in [0.15, 0.2) is 12.4 Å². The lowest BCUT2D eigenvalue weighted by molar-refractivity contribution is -0.671. The van der Waals surface area contributed by atoms with Crippen molar-refractivity contribution in [2.45, 2.75) is 0 Å². The number of pyridine rings is 1. The van der Waals surface area contributed by atoms with Crippen LogP contribution in [0.25, 0.3) is 0 Å². The molecular formula is C7H9N2O+. The van der Waals surface area contributed by atoms with Gasteiger partial charge in [-0.15, -0.1) is 0 Å². The van der Waals surface area contributed by atoms with Gasteiger partial charge in [0.25, 0.3) is 0 Å². The third kappa shape index (κ3) is 1.55. The highest BCUT2D eigenvalue weighted by molar-refractivity contribution is 5.77. The predicted molar refractivity (Wildman–Crippen MR) is 37.0 cm³/mol. The third-order valence-electron chi connectivity index (χ3n) is 1.17. The molecule has 0 aromatic carbocycles. The molecule has 0 aliphatic carbocycles. The highest BCUT2D eigenvalue weighted by Crippen LogP contribution is 1.87. The second-order valence-corrected chi connectivity index (χ2v) is 2.05. The van der Waals surface area contributed by atoms with Gasteiger partial charge in [-0.1, -0.05) is 5.16 Å². The van der Waals surface area contributed by atoms with Gasteiger partial charge in [0.2, 0.25) is 0 Å². The topological polar surface area (TPSA) is 36.5 Å². The number of hydrogen-bond donors (Lipinski definition) is 1. The zero-order valence-corrected chi connectivity index (χ0v) is 5.73. The second-order valence-electron chi connectivity index (χ2n) is 2.05. The Morgan fingerprint density at radius 1 is 1.70 bits per heavy atom. The minimum Gasteiger partial charge on any atom is -0.411 e. The van der Waals surface area contributed by atoms with Crippen LogP contribution in [-0.2, 0) is 7.05 Å². The Balaban J connectivity index is 2.95. The van der Waals surface area contributed by atoms with Gasteiger partial charge in [-0.25, -0.2) is 4.57 Å².